The molecule has 2 saturated heterocycles. The van der Waals surface area contributed by atoms with Crippen LogP contribution < -0.4 is 5.32 Å². The van der Waals surface area contributed by atoms with Crippen LogP contribution in [-0.4, -0.2) is 60.4 Å². The average Bonchev–Trinajstić information content (AvgIpc) is 3.04. The third-order valence-corrected chi connectivity index (χ3v) is 5.79. The molecule has 2 fully saturated rings. The van der Waals surface area contributed by atoms with Gasteiger partial charge in [0.2, 0.25) is 5.91 Å². The highest BCUT2D eigenvalue weighted by atomic mass is 16.2. The molecular weight excluding hydrogens is 338 g/mol. The first-order valence-electron chi connectivity index (χ1n) is 9.99. The van der Waals surface area contributed by atoms with E-state index in [0.717, 1.165) is 36.8 Å². The highest BCUT2D eigenvalue weighted by Crippen LogP contribution is 2.21. The Morgan fingerprint density at radius 2 is 1.81 bits per heavy atom. The van der Waals surface area contributed by atoms with Gasteiger partial charge in [-0.1, -0.05) is 30.3 Å². The Labute approximate surface area is 160 Å². The number of hydrogen-bond donors (Lipinski definition) is 1. The summed E-state index contributed by atoms with van der Waals surface area (Å²) in [5.41, 5.74) is 0.637. The second-order valence-electron chi connectivity index (χ2n) is 7.59. The molecule has 142 valence electrons. The molecule has 2 aromatic rings. The van der Waals surface area contributed by atoms with E-state index < -0.39 is 0 Å². The summed E-state index contributed by atoms with van der Waals surface area (Å²) in [6, 6.07) is 14.2. The summed E-state index contributed by atoms with van der Waals surface area (Å²) < 4.78 is 0. The Hall–Kier alpha value is -2.40. The molecule has 27 heavy (non-hydrogen) atoms. The van der Waals surface area contributed by atoms with Gasteiger partial charge in [-0.3, -0.25) is 14.5 Å². The van der Waals surface area contributed by atoms with Crippen molar-refractivity contribution in [1.29, 1.82) is 0 Å². The molecule has 0 aliphatic carbocycles. The van der Waals surface area contributed by atoms with Crippen molar-refractivity contribution >= 4 is 22.6 Å². The van der Waals surface area contributed by atoms with Gasteiger partial charge >= 0.3 is 0 Å². The largest absolute Gasteiger partial charge is 0.352 e. The van der Waals surface area contributed by atoms with Gasteiger partial charge in [0.15, 0.2) is 0 Å². The summed E-state index contributed by atoms with van der Waals surface area (Å²) in [5, 5.41) is 5.06. The van der Waals surface area contributed by atoms with Crippen LogP contribution in [0.5, 0.6) is 0 Å². The molecule has 2 aliphatic rings. The maximum Gasteiger partial charge on any atom is 0.251 e. The first kappa shape index (κ1) is 18.0. The molecule has 1 atom stereocenters. The van der Waals surface area contributed by atoms with Crippen molar-refractivity contribution in [3.05, 3.63) is 48.0 Å². The minimum atomic E-state index is -0.119. The predicted molar refractivity (Wildman–Crippen MR) is 107 cm³/mol. The number of nitrogens with one attached hydrogen (secondary N) is 1. The Kier molecular flexibility index (Phi) is 5.39. The lowest BCUT2D eigenvalue weighted by Crippen LogP contribution is -2.40. The van der Waals surface area contributed by atoms with Crippen molar-refractivity contribution in [3.63, 3.8) is 0 Å². The third-order valence-electron chi connectivity index (χ3n) is 5.79. The van der Waals surface area contributed by atoms with Gasteiger partial charge in [-0.05, 0) is 48.7 Å². The van der Waals surface area contributed by atoms with E-state index in [1.165, 1.54) is 19.4 Å². The minimum absolute atomic E-state index is 0.119. The molecule has 5 nitrogen and oxygen atoms in total. The molecule has 0 bridgehead atoms. The van der Waals surface area contributed by atoms with Gasteiger partial charge in [-0.15, -0.1) is 0 Å². The second-order valence-corrected chi connectivity index (χ2v) is 7.59. The van der Waals surface area contributed by atoms with E-state index in [-0.39, 0.29) is 11.8 Å². The zero-order valence-corrected chi connectivity index (χ0v) is 15.7. The molecule has 2 heterocycles. The Bertz CT molecular complexity index is 835. The minimum Gasteiger partial charge on any atom is -0.352 e. The standard InChI is InChI=1S/C22H27N3O2/c26-21(25-14-4-13-24-12-3-7-20(24)16-25)10-11-23-22(27)19-9-8-17-5-1-2-6-18(17)15-19/h1-2,5-6,8-9,15,20H,3-4,7,10-14,16H2,(H,23,27)/t20-/m1/s1. The summed E-state index contributed by atoms with van der Waals surface area (Å²) >= 11 is 0. The van der Waals surface area contributed by atoms with Crippen molar-refractivity contribution in [2.24, 2.45) is 0 Å². The fraction of sp³-hybridized carbons (Fsp3) is 0.455. The van der Waals surface area contributed by atoms with E-state index >= 15 is 0 Å². The molecule has 2 amide bonds. The van der Waals surface area contributed by atoms with Crippen LogP contribution in [-0.2, 0) is 4.79 Å². The Balaban J connectivity index is 1.29. The van der Waals surface area contributed by atoms with Crippen LogP contribution in [0.4, 0.5) is 0 Å². The molecular formula is C22H27N3O2. The number of fused-ring (bicyclic) bond motifs is 2. The molecule has 0 unspecified atom stereocenters. The number of carbonyl (C=O) groups excluding carboxylic acids is 2. The molecule has 2 aromatic carbocycles. The summed E-state index contributed by atoms with van der Waals surface area (Å²) in [7, 11) is 0. The number of nitrogens with zero attached hydrogens (tertiary/aromatic N) is 2. The normalized spacial score (nSPS) is 20.3. The van der Waals surface area contributed by atoms with Gasteiger partial charge < -0.3 is 10.2 Å². The lowest BCUT2D eigenvalue weighted by molar-refractivity contribution is -0.131. The van der Waals surface area contributed by atoms with E-state index in [2.05, 4.69) is 10.2 Å². The topological polar surface area (TPSA) is 52.7 Å². The van der Waals surface area contributed by atoms with Gasteiger partial charge in [-0.25, -0.2) is 0 Å². The zero-order valence-electron chi connectivity index (χ0n) is 15.7. The van der Waals surface area contributed by atoms with E-state index in [1.807, 2.05) is 47.4 Å². The number of carbonyl (C=O) groups is 2. The molecule has 5 heteroatoms. The van der Waals surface area contributed by atoms with E-state index in [0.29, 0.717) is 24.6 Å². The molecule has 1 N–H and O–H groups in total. The molecule has 0 radical (unpaired) electrons. The number of benzene rings is 2. The van der Waals surface area contributed by atoms with Crippen LogP contribution in [0.25, 0.3) is 10.8 Å². The van der Waals surface area contributed by atoms with Gasteiger partial charge in [0.1, 0.15) is 0 Å². The van der Waals surface area contributed by atoms with Gasteiger partial charge in [0.05, 0.1) is 0 Å². The van der Waals surface area contributed by atoms with Crippen molar-refractivity contribution in [1.82, 2.24) is 15.1 Å². The van der Waals surface area contributed by atoms with Crippen molar-refractivity contribution in [2.45, 2.75) is 31.7 Å². The second kappa shape index (κ2) is 8.09. The van der Waals surface area contributed by atoms with Gasteiger partial charge in [0, 0.05) is 44.2 Å². The number of rotatable bonds is 4. The Morgan fingerprint density at radius 1 is 1.00 bits per heavy atom. The predicted octanol–water partition coefficient (Wildman–Crippen LogP) is 2.66. The summed E-state index contributed by atoms with van der Waals surface area (Å²) in [6.07, 6.45) is 3.86. The maximum absolute atomic E-state index is 12.6. The van der Waals surface area contributed by atoms with Crippen molar-refractivity contribution in [3.8, 4) is 0 Å². The zero-order chi connectivity index (χ0) is 18.6. The lowest BCUT2D eigenvalue weighted by Gasteiger charge is -2.25. The lowest BCUT2D eigenvalue weighted by atomic mass is 10.1. The summed E-state index contributed by atoms with van der Waals surface area (Å²) in [6.45, 7) is 4.35. The van der Waals surface area contributed by atoms with Crippen LogP contribution in [0.2, 0.25) is 0 Å². The molecule has 0 saturated carbocycles. The van der Waals surface area contributed by atoms with Crippen LogP contribution in [0.15, 0.2) is 42.5 Å². The van der Waals surface area contributed by atoms with E-state index in [1.54, 1.807) is 0 Å². The first-order valence-corrected chi connectivity index (χ1v) is 9.99. The highest BCUT2D eigenvalue weighted by molar-refractivity contribution is 5.98. The molecule has 0 aromatic heterocycles. The Morgan fingerprint density at radius 3 is 2.70 bits per heavy atom. The first-order chi connectivity index (χ1) is 13.2. The molecule has 0 spiro atoms. The highest BCUT2D eigenvalue weighted by Gasteiger charge is 2.30. The third kappa shape index (κ3) is 4.14. The maximum atomic E-state index is 12.6. The fourth-order valence-electron chi connectivity index (χ4n) is 4.31. The molecule has 4 rings (SSSR count). The average molecular weight is 365 g/mol. The molecule has 2 aliphatic heterocycles. The number of hydrogen-bond acceptors (Lipinski definition) is 3. The van der Waals surface area contributed by atoms with Crippen molar-refractivity contribution < 1.29 is 9.59 Å². The van der Waals surface area contributed by atoms with E-state index in [4.69, 9.17) is 0 Å². The van der Waals surface area contributed by atoms with Crippen LogP contribution in [0, 0.1) is 0 Å². The van der Waals surface area contributed by atoms with Crippen LogP contribution >= 0.6 is 0 Å². The summed E-state index contributed by atoms with van der Waals surface area (Å²) in [4.78, 5) is 29.5. The quantitative estimate of drug-likeness (QED) is 0.906. The van der Waals surface area contributed by atoms with Crippen LogP contribution in [0.1, 0.15) is 36.0 Å². The van der Waals surface area contributed by atoms with Crippen molar-refractivity contribution in [2.75, 3.05) is 32.7 Å². The number of amides is 2. The monoisotopic (exact) mass is 365 g/mol. The van der Waals surface area contributed by atoms with E-state index in [9.17, 15) is 9.59 Å². The summed E-state index contributed by atoms with van der Waals surface area (Å²) in [5.74, 6) is 0.0361. The smallest absolute Gasteiger partial charge is 0.251 e. The van der Waals surface area contributed by atoms with Crippen LogP contribution in [0.3, 0.4) is 0 Å². The SMILES string of the molecule is O=C(NCCC(=O)N1CCCN2CCC[C@@H]2C1)c1ccc2ccccc2c1. The van der Waals surface area contributed by atoms with Gasteiger partial charge in [0.25, 0.3) is 5.91 Å². The van der Waals surface area contributed by atoms with Gasteiger partial charge in [-0.2, -0.15) is 0 Å². The fourth-order valence-corrected chi connectivity index (χ4v) is 4.31.